The molecule has 0 aliphatic heterocycles. The van der Waals surface area contributed by atoms with E-state index >= 15 is 0 Å². The summed E-state index contributed by atoms with van der Waals surface area (Å²) >= 11 is 3.78. The van der Waals surface area contributed by atoms with Gasteiger partial charge in [-0.15, -0.1) is 12.6 Å². The molecule has 80 valence electrons. The summed E-state index contributed by atoms with van der Waals surface area (Å²) in [5.41, 5.74) is -1.20. The Bertz CT molecular complexity index is 459. The number of Topliss-reactive ketones (excluding diaryl/α,β-unsaturated/α-hetero) is 1. The van der Waals surface area contributed by atoms with E-state index in [2.05, 4.69) is 12.6 Å². The van der Waals surface area contributed by atoms with E-state index in [4.69, 9.17) is 5.11 Å². The molecule has 0 saturated heterocycles. The number of benzene rings is 1. The second-order valence-corrected chi connectivity index (χ2v) is 3.69. The summed E-state index contributed by atoms with van der Waals surface area (Å²) in [7, 11) is 0. The summed E-state index contributed by atoms with van der Waals surface area (Å²) in [5.74, 6) is -6.59. The van der Waals surface area contributed by atoms with Gasteiger partial charge in [-0.25, -0.2) is 4.39 Å². The highest BCUT2D eigenvalue weighted by atomic mass is 32.1. The molecular formula is C9H5F3O2S. The van der Waals surface area contributed by atoms with Crippen LogP contribution in [0.25, 0.3) is 0 Å². The van der Waals surface area contributed by atoms with E-state index in [1.54, 1.807) is 0 Å². The number of carbonyl (C=O) groups excluding carboxylic acids is 1. The lowest BCUT2D eigenvalue weighted by Crippen LogP contribution is -2.28. The standard InChI is InChI=1S/C9H5F3O2S/c10-3-1-2-4(15)6-5(3)7(13)9(11,12)8(6)14/h1-2,7,13,15H. The van der Waals surface area contributed by atoms with Gasteiger partial charge in [-0.2, -0.15) is 8.78 Å². The highest BCUT2D eigenvalue weighted by Crippen LogP contribution is 2.45. The Morgan fingerprint density at radius 3 is 2.53 bits per heavy atom. The SMILES string of the molecule is O=C1c2c(S)ccc(F)c2C(O)C1(F)F. The number of ketones is 1. The minimum absolute atomic E-state index is 0.0624. The van der Waals surface area contributed by atoms with Gasteiger partial charge >= 0.3 is 5.92 Å². The van der Waals surface area contributed by atoms with Crippen LogP contribution in [0.3, 0.4) is 0 Å². The Balaban J connectivity index is 2.78. The number of aliphatic hydroxyl groups is 1. The van der Waals surface area contributed by atoms with Gasteiger partial charge in [0.15, 0.2) is 6.10 Å². The van der Waals surface area contributed by atoms with Crippen LogP contribution in [0, 0.1) is 5.82 Å². The first-order valence-corrected chi connectivity index (χ1v) is 4.44. The van der Waals surface area contributed by atoms with Crippen LogP contribution in [0.5, 0.6) is 0 Å². The van der Waals surface area contributed by atoms with Crippen molar-refractivity contribution in [3.63, 3.8) is 0 Å². The fraction of sp³-hybridized carbons (Fsp3) is 0.222. The third-order valence-corrected chi connectivity index (χ3v) is 2.69. The maximum absolute atomic E-state index is 13.2. The summed E-state index contributed by atoms with van der Waals surface area (Å²) in [5, 5.41) is 9.14. The zero-order chi connectivity index (χ0) is 11.4. The molecule has 0 radical (unpaired) electrons. The summed E-state index contributed by atoms with van der Waals surface area (Å²) in [6, 6.07) is 1.99. The Morgan fingerprint density at radius 2 is 2.00 bits per heavy atom. The van der Waals surface area contributed by atoms with E-state index in [1.807, 2.05) is 0 Å². The number of thiol groups is 1. The number of fused-ring (bicyclic) bond motifs is 1. The molecule has 0 amide bonds. The van der Waals surface area contributed by atoms with Crippen molar-refractivity contribution in [2.45, 2.75) is 16.9 Å². The molecule has 0 fully saturated rings. The molecule has 2 rings (SSSR count). The molecule has 0 bridgehead atoms. The summed E-state index contributed by atoms with van der Waals surface area (Å²) < 4.78 is 39.3. The third-order valence-electron chi connectivity index (χ3n) is 2.32. The highest BCUT2D eigenvalue weighted by molar-refractivity contribution is 7.80. The van der Waals surface area contributed by atoms with E-state index < -0.39 is 34.8 Å². The lowest BCUT2D eigenvalue weighted by atomic mass is 10.1. The number of hydrogen-bond donors (Lipinski definition) is 2. The van der Waals surface area contributed by atoms with E-state index in [0.717, 1.165) is 12.1 Å². The quantitative estimate of drug-likeness (QED) is 0.673. The van der Waals surface area contributed by atoms with Gasteiger partial charge in [0.1, 0.15) is 5.82 Å². The monoisotopic (exact) mass is 234 g/mol. The van der Waals surface area contributed by atoms with E-state index in [0.29, 0.717) is 0 Å². The van der Waals surface area contributed by atoms with Crippen LogP contribution in [-0.4, -0.2) is 16.8 Å². The fourth-order valence-electron chi connectivity index (χ4n) is 1.56. The zero-order valence-corrected chi connectivity index (χ0v) is 8.06. The molecule has 1 aromatic carbocycles. The van der Waals surface area contributed by atoms with Crippen molar-refractivity contribution in [2.75, 3.05) is 0 Å². The Labute approximate surface area is 88.1 Å². The molecule has 1 aliphatic rings. The number of hydrogen-bond acceptors (Lipinski definition) is 3. The van der Waals surface area contributed by atoms with Crippen molar-refractivity contribution in [2.24, 2.45) is 0 Å². The maximum Gasteiger partial charge on any atom is 0.339 e. The summed E-state index contributed by atoms with van der Waals surface area (Å²) in [6.07, 6.45) is -2.42. The predicted molar refractivity (Wildman–Crippen MR) is 47.9 cm³/mol. The van der Waals surface area contributed by atoms with E-state index in [1.165, 1.54) is 0 Å². The van der Waals surface area contributed by atoms with Gasteiger partial charge in [0.05, 0.1) is 0 Å². The smallest absolute Gasteiger partial charge is 0.339 e. The molecule has 0 spiro atoms. The first kappa shape index (κ1) is 10.5. The molecule has 0 saturated carbocycles. The number of aliphatic hydroxyl groups excluding tert-OH is 1. The Kier molecular flexibility index (Phi) is 2.09. The minimum atomic E-state index is -3.97. The molecular weight excluding hydrogens is 229 g/mol. The molecule has 1 N–H and O–H groups in total. The predicted octanol–water partition coefficient (Wildman–Crippen LogP) is 1.98. The maximum atomic E-state index is 13.2. The van der Waals surface area contributed by atoms with Crippen LogP contribution in [0.2, 0.25) is 0 Å². The zero-order valence-electron chi connectivity index (χ0n) is 7.17. The van der Waals surface area contributed by atoms with Gasteiger partial charge in [-0.1, -0.05) is 0 Å². The topological polar surface area (TPSA) is 37.3 Å². The van der Waals surface area contributed by atoms with Gasteiger partial charge in [0.25, 0.3) is 0 Å². The number of rotatable bonds is 0. The second-order valence-electron chi connectivity index (χ2n) is 3.21. The van der Waals surface area contributed by atoms with Crippen molar-refractivity contribution < 1.29 is 23.1 Å². The van der Waals surface area contributed by atoms with Gasteiger partial charge in [-0.3, -0.25) is 4.79 Å². The molecule has 15 heavy (non-hydrogen) atoms. The second kappa shape index (κ2) is 2.99. The van der Waals surface area contributed by atoms with Gasteiger partial charge in [0.2, 0.25) is 5.78 Å². The summed E-state index contributed by atoms with van der Waals surface area (Å²) in [6.45, 7) is 0. The molecule has 1 unspecified atom stereocenters. The Morgan fingerprint density at radius 1 is 1.40 bits per heavy atom. The molecule has 1 aromatic rings. The third kappa shape index (κ3) is 1.21. The molecule has 0 heterocycles. The van der Waals surface area contributed by atoms with Crippen LogP contribution in [0.1, 0.15) is 22.0 Å². The Hall–Kier alpha value is -1.01. The van der Waals surface area contributed by atoms with Crippen molar-refractivity contribution in [1.82, 2.24) is 0 Å². The first-order valence-electron chi connectivity index (χ1n) is 3.99. The number of halogens is 3. The highest BCUT2D eigenvalue weighted by Gasteiger charge is 2.56. The lowest BCUT2D eigenvalue weighted by Gasteiger charge is -2.11. The molecule has 2 nitrogen and oxygen atoms in total. The van der Waals surface area contributed by atoms with Gasteiger partial charge in [-0.05, 0) is 12.1 Å². The fourth-order valence-corrected chi connectivity index (χ4v) is 1.86. The van der Waals surface area contributed by atoms with Crippen LogP contribution < -0.4 is 0 Å². The van der Waals surface area contributed by atoms with E-state index in [-0.39, 0.29) is 4.90 Å². The van der Waals surface area contributed by atoms with Crippen LogP contribution in [0.15, 0.2) is 17.0 Å². The van der Waals surface area contributed by atoms with Crippen LogP contribution >= 0.6 is 12.6 Å². The number of alkyl halides is 2. The summed E-state index contributed by atoms with van der Waals surface area (Å²) in [4.78, 5) is 11.1. The van der Waals surface area contributed by atoms with Crippen LogP contribution in [0.4, 0.5) is 13.2 Å². The molecule has 6 heteroatoms. The van der Waals surface area contributed by atoms with Crippen molar-refractivity contribution in [3.05, 3.63) is 29.1 Å². The van der Waals surface area contributed by atoms with Crippen molar-refractivity contribution >= 4 is 18.4 Å². The van der Waals surface area contributed by atoms with Crippen molar-refractivity contribution in [3.8, 4) is 0 Å². The van der Waals surface area contributed by atoms with E-state index in [9.17, 15) is 18.0 Å². The average Bonchev–Trinajstić information content (AvgIpc) is 2.35. The number of carbonyl (C=O) groups is 1. The normalized spacial score (nSPS) is 23.0. The molecule has 0 aromatic heterocycles. The van der Waals surface area contributed by atoms with Crippen molar-refractivity contribution in [1.29, 1.82) is 0 Å². The minimum Gasteiger partial charge on any atom is -0.381 e. The largest absolute Gasteiger partial charge is 0.381 e. The molecule has 1 aliphatic carbocycles. The van der Waals surface area contributed by atoms with Gasteiger partial charge in [0, 0.05) is 16.0 Å². The lowest BCUT2D eigenvalue weighted by molar-refractivity contribution is -0.0717. The van der Waals surface area contributed by atoms with Crippen LogP contribution in [-0.2, 0) is 0 Å². The van der Waals surface area contributed by atoms with Gasteiger partial charge < -0.3 is 5.11 Å². The molecule has 1 atom stereocenters. The first-order chi connectivity index (χ1) is 6.87. The average molecular weight is 234 g/mol.